The maximum absolute atomic E-state index is 14.8. The molecule has 2 heterocycles. The van der Waals surface area contributed by atoms with E-state index in [1.165, 1.54) is 36.5 Å². The molecule has 5 rings (SSSR count). The number of hydrogen-bond acceptors (Lipinski definition) is 8. The normalized spacial score (nSPS) is 11.8. The summed E-state index contributed by atoms with van der Waals surface area (Å²) in [4.78, 5) is 44.4. The molecule has 0 saturated heterocycles. The van der Waals surface area contributed by atoms with Crippen LogP contribution >= 0.6 is 11.3 Å². The maximum Gasteiger partial charge on any atom is 0.336 e. The summed E-state index contributed by atoms with van der Waals surface area (Å²) < 4.78 is 34.9. The number of anilines is 3. The lowest BCUT2D eigenvalue weighted by atomic mass is 10.0. The van der Waals surface area contributed by atoms with Crippen molar-refractivity contribution in [2.45, 2.75) is 47.2 Å². The Morgan fingerprint density at radius 2 is 1.49 bits per heavy atom. The number of hydroxylamine groups is 1. The van der Waals surface area contributed by atoms with Crippen LogP contribution in [0.25, 0.3) is 10.4 Å². The molecule has 0 atom stereocenters. The Morgan fingerprint density at radius 3 is 1.98 bits per heavy atom. The first kappa shape index (κ1) is 40.3. The predicted octanol–water partition coefficient (Wildman–Crippen LogP) is 7.53. The summed E-state index contributed by atoms with van der Waals surface area (Å²) in [6.07, 6.45) is 0.394. The van der Waals surface area contributed by atoms with E-state index in [0.717, 1.165) is 38.7 Å². The third kappa shape index (κ3) is 9.84. The molecular weight excluding hydrogens is 652 g/mol. The van der Waals surface area contributed by atoms with E-state index in [-0.39, 0.29) is 18.5 Å². The summed E-state index contributed by atoms with van der Waals surface area (Å²) in [5, 5.41) is 6.75. The number of urea groups is 1. The smallest absolute Gasteiger partial charge is 0.336 e. The highest BCUT2D eigenvalue weighted by molar-refractivity contribution is 7.20. The van der Waals surface area contributed by atoms with Crippen molar-refractivity contribution < 1.29 is 32.7 Å². The summed E-state index contributed by atoms with van der Waals surface area (Å²) in [7, 11) is 6.53. The molecule has 3 aromatic carbocycles. The van der Waals surface area contributed by atoms with Gasteiger partial charge in [0.25, 0.3) is 0 Å². The minimum Gasteiger partial charge on any atom is -0.497 e. The molecule has 0 bridgehead atoms. The van der Waals surface area contributed by atoms with Crippen LogP contribution in [-0.2, 0) is 33.9 Å². The Hall–Kier alpha value is -4.85. The molecule has 0 spiro atoms. The van der Waals surface area contributed by atoms with Crippen molar-refractivity contribution in [3.8, 4) is 16.2 Å². The van der Waals surface area contributed by atoms with E-state index in [0.29, 0.717) is 35.0 Å². The molecular formula is C36H45F2N5O5S. The number of halogens is 2. The van der Waals surface area contributed by atoms with Crippen molar-refractivity contribution in [2.24, 2.45) is 0 Å². The number of amides is 4. The fourth-order valence-corrected chi connectivity index (χ4v) is 6.17. The number of ether oxygens (including phenoxy) is 1. The lowest BCUT2D eigenvalue weighted by Crippen LogP contribution is -2.45. The van der Waals surface area contributed by atoms with E-state index < -0.39 is 23.6 Å². The van der Waals surface area contributed by atoms with Crippen LogP contribution in [0, 0.1) is 11.6 Å². The molecule has 10 nitrogen and oxygen atoms in total. The van der Waals surface area contributed by atoms with Gasteiger partial charge in [0.05, 0.1) is 32.9 Å². The fourth-order valence-electron chi connectivity index (χ4n) is 4.83. The SMILES string of the molecule is CC.CC.CNCc1c(-c2ccc(NC)cc2)sc2c1CC(=O)N(c1ccc(OC)cc1)C(=O)N2Cc1c(F)cccc1F.CONC=O. The first-order valence-electron chi connectivity index (χ1n) is 15.8. The van der Waals surface area contributed by atoms with Crippen molar-refractivity contribution in [1.82, 2.24) is 10.8 Å². The topological polar surface area (TPSA) is 112 Å². The van der Waals surface area contributed by atoms with Gasteiger partial charge in [-0.2, -0.15) is 0 Å². The second kappa shape index (κ2) is 20.5. The molecule has 13 heteroatoms. The second-order valence-electron chi connectivity index (χ2n) is 9.66. The van der Waals surface area contributed by atoms with Crippen molar-refractivity contribution in [3.63, 3.8) is 0 Å². The Morgan fingerprint density at radius 1 is 0.878 bits per heavy atom. The lowest BCUT2D eigenvalue weighted by Gasteiger charge is -2.27. The van der Waals surface area contributed by atoms with Gasteiger partial charge in [0, 0.05) is 35.3 Å². The summed E-state index contributed by atoms with van der Waals surface area (Å²) in [5.41, 5.74) is 5.37. The van der Waals surface area contributed by atoms with Crippen LogP contribution in [0.5, 0.6) is 5.75 Å². The standard InChI is InChI=1S/C30H28F2N4O3S.C2H5NO2.2C2H6/c1-33-16-23-22-15-27(37)36(20-11-13-21(39-3)14-12-20)30(38)35(17-24-25(31)5-4-6-26(24)32)29(22)40-28(23)18-7-9-19(34-2)10-8-18;1-5-3-2-4;2*1-2/h4-14,33-34H,15-17H2,1-3H3;2H,1H3,(H,3,4);2*1-2H3. The quantitative estimate of drug-likeness (QED) is 0.116. The number of imide groups is 1. The molecule has 4 aromatic rings. The number of rotatable bonds is 10. The Labute approximate surface area is 291 Å². The van der Waals surface area contributed by atoms with Gasteiger partial charge in [0.15, 0.2) is 0 Å². The first-order valence-corrected chi connectivity index (χ1v) is 16.6. The number of thiophene rings is 1. The van der Waals surface area contributed by atoms with Gasteiger partial charge in [-0.05, 0) is 66.7 Å². The summed E-state index contributed by atoms with van der Waals surface area (Å²) in [6, 6.07) is 17.2. The molecule has 1 aromatic heterocycles. The van der Waals surface area contributed by atoms with Crippen molar-refractivity contribution in [2.75, 3.05) is 43.4 Å². The first-order chi connectivity index (χ1) is 23.8. The van der Waals surface area contributed by atoms with Crippen LogP contribution < -0.4 is 30.7 Å². The van der Waals surface area contributed by atoms with E-state index in [9.17, 15) is 18.4 Å². The van der Waals surface area contributed by atoms with Crippen LogP contribution in [0.15, 0.2) is 66.7 Å². The van der Waals surface area contributed by atoms with Crippen LogP contribution in [-0.4, -0.2) is 46.7 Å². The molecule has 3 N–H and O–H groups in total. The monoisotopic (exact) mass is 697 g/mol. The molecule has 0 unspecified atom stereocenters. The average Bonchev–Trinajstić information content (AvgIpc) is 3.43. The molecule has 49 heavy (non-hydrogen) atoms. The molecule has 0 radical (unpaired) electrons. The average molecular weight is 698 g/mol. The van der Waals surface area contributed by atoms with Crippen molar-refractivity contribution >= 4 is 46.1 Å². The number of fused-ring (bicyclic) bond motifs is 1. The van der Waals surface area contributed by atoms with Crippen molar-refractivity contribution in [3.05, 3.63) is 95.1 Å². The van der Waals surface area contributed by atoms with E-state index in [1.54, 1.807) is 31.3 Å². The third-order valence-corrected chi connectivity index (χ3v) is 8.35. The number of nitrogens with zero attached hydrogens (tertiary/aromatic N) is 2. The van der Waals surface area contributed by atoms with Gasteiger partial charge >= 0.3 is 6.03 Å². The van der Waals surface area contributed by atoms with Gasteiger partial charge in [-0.25, -0.2) is 24.0 Å². The molecule has 264 valence electrons. The minimum absolute atomic E-state index is 0.0640. The van der Waals surface area contributed by atoms with Gasteiger partial charge in [-0.1, -0.05) is 45.9 Å². The summed E-state index contributed by atoms with van der Waals surface area (Å²) >= 11 is 1.33. The Bertz CT molecular complexity index is 1630. The van der Waals surface area contributed by atoms with E-state index in [1.807, 2.05) is 64.5 Å². The number of methoxy groups -OCH3 is 1. The van der Waals surface area contributed by atoms with Crippen LogP contribution in [0.2, 0.25) is 0 Å². The molecule has 0 fully saturated rings. The molecule has 0 saturated carbocycles. The molecule has 4 amide bonds. The summed E-state index contributed by atoms with van der Waals surface area (Å²) in [6.45, 7) is 8.04. The Balaban J connectivity index is 0.000000837. The maximum atomic E-state index is 14.8. The van der Waals surface area contributed by atoms with E-state index in [4.69, 9.17) is 9.53 Å². The van der Waals surface area contributed by atoms with E-state index in [2.05, 4.69) is 15.5 Å². The largest absolute Gasteiger partial charge is 0.497 e. The number of hydrogen-bond donors (Lipinski definition) is 3. The van der Waals surface area contributed by atoms with E-state index >= 15 is 0 Å². The van der Waals surface area contributed by atoms with Gasteiger partial charge in [0.1, 0.15) is 22.4 Å². The van der Waals surface area contributed by atoms with Gasteiger partial charge in [-0.15, -0.1) is 11.3 Å². The molecule has 1 aliphatic rings. The van der Waals surface area contributed by atoms with Crippen LogP contribution in [0.1, 0.15) is 44.4 Å². The highest BCUT2D eigenvalue weighted by Crippen LogP contribution is 2.45. The van der Waals surface area contributed by atoms with Gasteiger partial charge < -0.3 is 15.4 Å². The zero-order valence-corrected chi connectivity index (χ0v) is 30.0. The third-order valence-electron chi connectivity index (χ3n) is 7.00. The summed E-state index contributed by atoms with van der Waals surface area (Å²) in [5.74, 6) is -1.42. The lowest BCUT2D eigenvalue weighted by molar-refractivity contribution is -0.118. The van der Waals surface area contributed by atoms with Gasteiger partial charge in [0.2, 0.25) is 12.3 Å². The molecule has 1 aliphatic heterocycles. The second-order valence-corrected chi connectivity index (χ2v) is 10.7. The fraction of sp³-hybridized carbons (Fsp3) is 0.306. The van der Waals surface area contributed by atoms with Crippen LogP contribution in [0.3, 0.4) is 0 Å². The van der Waals surface area contributed by atoms with Gasteiger partial charge in [-0.3, -0.25) is 19.3 Å². The zero-order chi connectivity index (χ0) is 36.5. The Kier molecular flexibility index (Phi) is 16.9. The highest BCUT2D eigenvalue weighted by atomic mass is 32.1. The highest BCUT2D eigenvalue weighted by Gasteiger charge is 2.38. The van der Waals surface area contributed by atoms with Crippen molar-refractivity contribution in [1.29, 1.82) is 0 Å². The number of benzene rings is 3. The van der Waals surface area contributed by atoms with Crippen LogP contribution in [0.4, 0.5) is 30.0 Å². The number of carbonyl (C=O) groups is 3. The predicted molar refractivity (Wildman–Crippen MR) is 193 cm³/mol. The number of carbonyl (C=O) groups excluding carboxylic acids is 3. The minimum atomic E-state index is -0.768. The number of nitrogens with one attached hydrogen (secondary N) is 3. The molecule has 0 aliphatic carbocycles. The zero-order valence-electron chi connectivity index (χ0n) is 29.1.